The molecule has 4 aromatic rings. The highest BCUT2D eigenvalue weighted by Gasteiger charge is 2.50. The minimum Gasteiger partial charge on any atom is -0.508 e. The Balaban J connectivity index is 1.31. The van der Waals surface area contributed by atoms with Crippen LogP contribution in [0.1, 0.15) is 18.9 Å². The molecule has 300 valence electrons. The zero-order valence-corrected chi connectivity index (χ0v) is 29.3. The lowest BCUT2D eigenvalue weighted by atomic mass is 9.98. The molecule has 10 atom stereocenters. The quantitative estimate of drug-likeness (QED) is 0.0549. The number of carbonyl (C=O) groups excluding carboxylic acids is 2. The molecular formula is C37H38O19. The number of hydrogen-bond donors (Lipinski definition) is 9. The number of fused-ring (bicyclic) bond motifs is 1. The summed E-state index contributed by atoms with van der Waals surface area (Å²) in [6.45, 7) is 0.487. The molecule has 0 spiro atoms. The van der Waals surface area contributed by atoms with Gasteiger partial charge >= 0.3 is 11.9 Å². The first kappa shape index (κ1) is 40.2. The van der Waals surface area contributed by atoms with E-state index in [9.17, 15) is 60.3 Å². The van der Waals surface area contributed by atoms with Gasteiger partial charge in [-0.2, -0.15) is 0 Å². The van der Waals surface area contributed by atoms with Crippen molar-refractivity contribution >= 4 is 22.9 Å². The summed E-state index contributed by atoms with van der Waals surface area (Å²) >= 11 is 0. The van der Waals surface area contributed by atoms with Crippen molar-refractivity contribution in [2.24, 2.45) is 0 Å². The van der Waals surface area contributed by atoms with Gasteiger partial charge in [-0.15, -0.1) is 0 Å². The fourth-order valence-corrected chi connectivity index (χ4v) is 6.06. The fourth-order valence-electron chi connectivity index (χ4n) is 6.06. The first-order valence-electron chi connectivity index (χ1n) is 17.1. The van der Waals surface area contributed by atoms with Gasteiger partial charge in [0.25, 0.3) is 0 Å². The molecule has 2 aliphatic rings. The number of aromatic hydroxyl groups is 4. The summed E-state index contributed by atoms with van der Waals surface area (Å²) in [6, 6.07) is 13.6. The summed E-state index contributed by atoms with van der Waals surface area (Å²) in [5.41, 5.74) is -0.928. The van der Waals surface area contributed by atoms with Gasteiger partial charge in [-0.1, -0.05) is 30.3 Å². The second-order valence-electron chi connectivity index (χ2n) is 13.1. The van der Waals surface area contributed by atoms with Crippen LogP contribution in [0.5, 0.6) is 28.7 Å². The summed E-state index contributed by atoms with van der Waals surface area (Å²) in [6.07, 6.45) is -18.3. The Morgan fingerprint density at radius 1 is 0.750 bits per heavy atom. The van der Waals surface area contributed by atoms with Crippen LogP contribution in [0, 0.1) is 0 Å². The Morgan fingerprint density at radius 2 is 1.48 bits per heavy atom. The van der Waals surface area contributed by atoms with Crippen LogP contribution >= 0.6 is 0 Å². The molecule has 0 saturated carbocycles. The number of aliphatic hydroxyl groups is 5. The summed E-state index contributed by atoms with van der Waals surface area (Å²) in [5.74, 6) is -5.98. The zero-order valence-electron chi connectivity index (χ0n) is 29.3. The number of phenolic OH excluding ortho intramolecular Hbond substituents is 4. The number of aliphatic hydroxyl groups excluding tert-OH is 5. The molecular weight excluding hydrogens is 748 g/mol. The Bertz CT molecular complexity index is 2100. The van der Waals surface area contributed by atoms with Crippen molar-refractivity contribution in [2.75, 3.05) is 6.61 Å². The third-order valence-corrected chi connectivity index (χ3v) is 9.06. The second kappa shape index (κ2) is 16.7. The normalized spacial score (nSPS) is 27.8. The molecule has 0 radical (unpaired) electrons. The molecule has 3 aromatic carbocycles. The van der Waals surface area contributed by atoms with Crippen molar-refractivity contribution in [1.29, 1.82) is 0 Å². The number of hydrogen-bond acceptors (Lipinski definition) is 19. The van der Waals surface area contributed by atoms with Crippen molar-refractivity contribution in [3.05, 3.63) is 76.5 Å². The Kier molecular flexibility index (Phi) is 12.0. The molecule has 19 heteroatoms. The van der Waals surface area contributed by atoms with E-state index in [1.165, 1.54) is 13.0 Å². The number of phenols is 4. The number of benzene rings is 3. The topological polar surface area (TPSA) is 302 Å². The lowest BCUT2D eigenvalue weighted by Gasteiger charge is -2.43. The molecule has 0 amide bonds. The number of carbonyl (C=O) groups is 2. The molecule has 2 saturated heterocycles. The van der Waals surface area contributed by atoms with Crippen molar-refractivity contribution < 1.29 is 88.4 Å². The highest BCUT2D eigenvalue weighted by molar-refractivity contribution is 5.91. The van der Waals surface area contributed by atoms with Gasteiger partial charge in [0.1, 0.15) is 66.0 Å². The van der Waals surface area contributed by atoms with Gasteiger partial charge in [-0.25, -0.2) is 0 Å². The Hall–Kier alpha value is -5.51. The van der Waals surface area contributed by atoms with E-state index < -0.39 is 132 Å². The van der Waals surface area contributed by atoms with Gasteiger partial charge in [0.05, 0.1) is 12.7 Å². The van der Waals surface area contributed by atoms with E-state index in [-0.39, 0.29) is 17.8 Å². The van der Waals surface area contributed by atoms with Crippen molar-refractivity contribution in [2.45, 2.75) is 81.4 Å². The van der Waals surface area contributed by atoms with Crippen molar-refractivity contribution in [3.63, 3.8) is 0 Å². The molecule has 2 fully saturated rings. The summed E-state index contributed by atoms with van der Waals surface area (Å²) in [4.78, 5) is 39.4. The van der Waals surface area contributed by atoms with E-state index in [1.807, 2.05) is 0 Å². The molecule has 2 aliphatic heterocycles. The lowest BCUT2D eigenvalue weighted by Crippen LogP contribution is -2.62. The van der Waals surface area contributed by atoms with Crippen LogP contribution in [0.3, 0.4) is 0 Å². The van der Waals surface area contributed by atoms with Crippen LogP contribution < -0.4 is 10.2 Å². The minimum absolute atomic E-state index is 0.0994. The van der Waals surface area contributed by atoms with Gasteiger partial charge in [-0.05, 0) is 30.7 Å². The number of rotatable bonds is 11. The van der Waals surface area contributed by atoms with Crippen LogP contribution in [-0.2, 0) is 39.9 Å². The van der Waals surface area contributed by atoms with Crippen LogP contribution in [0.15, 0.2) is 69.9 Å². The average Bonchev–Trinajstić information content (AvgIpc) is 3.16. The summed E-state index contributed by atoms with van der Waals surface area (Å²) in [5, 5.41) is 93.8. The molecule has 6 rings (SSSR count). The van der Waals surface area contributed by atoms with Gasteiger partial charge < -0.3 is 78.8 Å². The molecule has 19 nitrogen and oxygen atoms in total. The van der Waals surface area contributed by atoms with Gasteiger partial charge in [0.15, 0.2) is 35.8 Å². The number of esters is 2. The largest absolute Gasteiger partial charge is 0.508 e. The Labute approximate surface area is 315 Å². The first-order chi connectivity index (χ1) is 26.6. The molecule has 9 N–H and O–H groups in total. The predicted molar refractivity (Wildman–Crippen MR) is 185 cm³/mol. The maximum atomic E-state index is 14.0. The summed E-state index contributed by atoms with van der Waals surface area (Å²) in [7, 11) is 0. The van der Waals surface area contributed by atoms with Gasteiger partial charge in [0.2, 0.25) is 17.5 Å². The average molecular weight is 787 g/mol. The SMILES string of the molecule is C[C@@H]1O[C@@H](OC[C@H]2O[C@@H](Oc3c(-c4ccc(O)c(O)c4)oc4cc(O)cc(O)c4c3=O)[C@H](O)[C@@H](OC(=O)CC(=O)OCc3ccccc3)[C@@H]2O)[C@H](O)[C@H](O)[C@H]1O. The Morgan fingerprint density at radius 3 is 2.20 bits per heavy atom. The fraction of sp³-hybridized carbons (Fsp3) is 0.378. The van der Waals surface area contributed by atoms with Crippen molar-refractivity contribution in [1.82, 2.24) is 0 Å². The van der Waals surface area contributed by atoms with Crippen LogP contribution in [0.25, 0.3) is 22.3 Å². The third kappa shape index (κ3) is 8.49. The summed E-state index contributed by atoms with van der Waals surface area (Å²) < 4.78 is 38.9. The third-order valence-electron chi connectivity index (χ3n) is 9.06. The number of ether oxygens (including phenoxy) is 6. The predicted octanol–water partition coefficient (Wildman–Crippen LogP) is -0.00270. The second-order valence-corrected chi connectivity index (χ2v) is 13.1. The molecule has 3 heterocycles. The molecule has 0 aliphatic carbocycles. The van der Waals surface area contributed by atoms with E-state index in [0.29, 0.717) is 5.56 Å². The highest BCUT2D eigenvalue weighted by Crippen LogP contribution is 2.40. The van der Waals surface area contributed by atoms with Crippen LogP contribution in [-0.4, -0.2) is 126 Å². The molecule has 1 aromatic heterocycles. The van der Waals surface area contributed by atoms with E-state index in [2.05, 4.69) is 0 Å². The molecule has 56 heavy (non-hydrogen) atoms. The van der Waals surface area contributed by atoms with Gasteiger partial charge in [0, 0.05) is 17.7 Å². The van der Waals surface area contributed by atoms with Gasteiger partial charge in [-0.3, -0.25) is 14.4 Å². The van der Waals surface area contributed by atoms with Crippen LogP contribution in [0.2, 0.25) is 0 Å². The molecule has 0 bridgehead atoms. The van der Waals surface area contributed by atoms with Crippen LogP contribution in [0.4, 0.5) is 0 Å². The highest BCUT2D eigenvalue weighted by atomic mass is 16.7. The monoisotopic (exact) mass is 786 g/mol. The molecule has 0 unspecified atom stereocenters. The maximum absolute atomic E-state index is 14.0. The lowest BCUT2D eigenvalue weighted by molar-refractivity contribution is -0.319. The first-order valence-corrected chi connectivity index (χ1v) is 17.1. The van der Waals surface area contributed by atoms with E-state index in [4.69, 9.17) is 32.8 Å². The minimum atomic E-state index is -2.15. The maximum Gasteiger partial charge on any atom is 0.317 e. The van der Waals surface area contributed by atoms with E-state index >= 15 is 0 Å². The van der Waals surface area contributed by atoms with Crippen molar-refractivity contribution in [3.8, 4) is 40.1 Å². The standard InChI is InChI=1S/C37H38O19/c1-15-27(44)30(47)31(48)36(52-15)51-14-23-28(45)34(55-25(43)12-24(42)50-13-16-5-3-2-4-6-16)32(49)37(54-23)56-35-29(46)26-21(41)10-18(38)11-22(26)53-33(35)17-7-8-19(39)20(40)9-17/h2-11,15,23,27-28,30-32,34,36-41,44-45,47-49H,12-14H2,1H3/t15-,23+,27-,28+,30+,31+,32+,34-,36+,37-/m0/s1. The zero-order chi connectivity index (χ0) is 40.4. The van der Waals surface area contributed by atoms with E-state index in [1.54, 1.807) is 30.3 Å². The van der Waals surface area contributed by atoms with E-state index in [0.717, 1.165) is 24.3 Å². The smallest absolute Gasteiger partial charge is 0.317 e.